The maximum absolute atomic E-state index is 11.9. The largest absolute Gasteiger partial charge is 0.479 e. The Morgan fingerprint density at radius 3 is 2.50 bits per heavy atom. The van der Waals surface area contributed by atoms with Crippen molar-refractivity contribution in [3.63, 3.8) is 0 Å². The second kappa shape index (κ2) is 4.80. The lowest BCUT2D eigenvalue weighted by molar-refractivity contribution is -0.206. The van der Waals surface area contributed by atoms with Crippen molar-refractivity contribution in [1.82, 2.24) is 5.06 Å². The molecule has 6 heteroatoms. The Morgan fingerprint density at radius 2 is 1.94 bits per heavy atom. The summed E-state index contributed by atoms with van der Waals surface area (Å²) in [5.74, 6) is -1.25. The molecule has 2 atom stereocenters. The van der Waals surface area contributed by atoms with Crippen molar-refractivity contribution in [1.29, 1.82) is 0 Å². The lowest BCUT2D eigenvalue weighted by Gasteiger charge is -2.27. The number of aliphatic carboxylic acids is 1. The number of rotatable bonds is 2. The van der Waals surface area contributed by atoms with E-state index < -0.39 is 18.2 Å². The van der Waals surface area contributed by atoms with Crippen LogP contribution in [0.25, 0.3) is 0 Å². The van der Waals surface area contributed by atoms with Gasteiger partial charge in [-0.15, -0.1) is 0 Å². The Labute approximate surface area is 93.1 Å². The van der Waals surface area contributed by atoms with Gasteiger partial charge in [0.05, 0.1) is 6.61 Å². The van der Waals surface area contributed by atoms with E-state index in [0.29, 0.717) is 26.0 Å². The van der Waals surface area contributed by atoms with Crippen LogP contribution in [0.4, 0.5) is 0 Å². The first kappa shape index (κ1) is 11.3. The number of amides is 1. The zero-order valence-electron chi connectivity index (χ0n) is 8.92. The molecule has 2 heterocycles. The van der Waals surface area contributed by atoms with Gasteiger partial charge >= 0.3 is 5.97 Å². The van der Waals surface area contributed by atoms with Crippen LogP contribution in [0, 0.1) is 0 Å². The SMILES string of the molecule is O=C(O)C1CCC(C(=O)N2CCCCO2)O1. The summed E-state index contributed by atoms with van der Waals surface area (Å²) in [6.07, 6.45) is 1.21. The second-order valence-corrected chi connectivity index (χ2v) is 4.01. The van der Waals surface area contributed by atoms with E-state index in [1.54, 1.807) is 0 Å². The molecule has 2 aliphatic rings. The van der Waals surface area contributed by atoms with Gasteiger partial charge in [-0.25, -0.2) is 9.86 Å². The summed E-state index contributed by atoms with van der Waals surface area (Å²) in [5.41, 5.74) is 0. The molecule has 0 radical (unpaired) electrons. The monoisotopic (exact) mass is 229 g/mol. The maximum Gasteiger partial charge on any atom is 0.332 e. The van der Waals surface area contributed by atoms with Gasteiger partial charge in [0.2, 0.25) is 0 Å². The molecular formula is C10H15NO5. The van der Waals surface area contributed by atoms with Gasteiger partial charge in [0.25, 0.3) is 5.91 Å². The number of nitrogens with zero attached hydrogens (tertiary/aromatic N) is 1. The highest BCUT2D eigenvalue weighted by Gasteiger charge is 2.37. The van der Waals surface area contributed by atoms with Crippen molar-refractivity contribution in [3.05, 3.63) is 0 Å². The summed E-state index contributed by atoms with van der Waals surface area (Å²) in [6.45, 7) is 1.11. The summed E-state index contributed by atoms with van der Waals surface area (Å²) in [4.78, 5) is 27.7. The standard InChI is InChI=1S/C10H15NO5/c12-9(11-5-1-2-6-15-11)7-3-4-8(16-7)10(13)14/h7-8H,1-6H2,(H,13,14). The molecular weight excluding hydrogens is 214 g/mol. The molecule has 2 aliphatic heterocycles. The molecule has 16 heavy (non-hydrogen) atoms. The van der Waals surface area contributed by atoms with Crippen molar-refractivity contribution in [2.24, 2.45) is 0 Å². The third kappa shape index (κ3) is 2.33. The van der Waals surface area contributed by atoms with Crippen LogP contribution in [0.3, 0.4) is 0 Å². The van der Waals surface area contributed by atoms with Crippen molar-refractivity contribution >= 4 is 11.9 Å². The molecule has 0 spiro atoms. The van der Waals surface area contributed by atoms with Gasteiger partial charge in [-0.2, -0.15) is 0 Å². The van der Waals surface area contributed by atoms with Gasteiger partial charge < -0.3 is 9.84 Å². The number of hydrogen-bond donors (Lipinski definition) is 1. The van der Waals surface area contributed by atoms with E-state index in [1.165, 1.54) is 5.06 Å². The summed E-state index contributed by atoms with van der Waals surface area (Å²) in [6, 6.07) is 0. The predicted octanol–water partition coefficient (Wildman–Crippen LogP) is 0.173. The minimum absolute atomic E-state index is 0.247. The van der Waals surface area contributed by atoms with Crippen LogP contribution in [0.2, 0.25) is 0 Å². The van der Waals surface area contributed by atoms with Crippen molar-refractivity contribution < 1.29 is 24.3 Å². The number of carbonyl (C=O) groups is 2. The maximum atomic E-state index is 11.9. The normalized spacial score (nSPS) is 30.4. The van der Waals surface area contributed by atoms with Crippen LogP contribution in [0.5, 0.6) is 0 Å². The lowest BCUT2D eigenvalue weighted by atomic mass is 10.2. The number of carboxylic acid groups (broad SMARTS) is 1. The molecule has 2 fully saturated rings. The highest BCUT2D eigenvalue weighted by molar-refractivity contribution is 5.82. The lowest BCUT2D eigenvalue weighted by Crippen LogP contribution is -2.42. The molecule has 2 unspecified atom stereocenters. The van der Waals surface area contributed by atoms with E-state index >= 15 is 0 Å². The average molecular weight is 229 g/mol. The third-order valence-electron chi connectivity index (χ3n) is 2.82. The third-order valence-corrected chi connectivity index (χ3v) is 2.82. The highest BCUT2D eigenvalue weighted by Crippen LogP contribution is 2.22. The topological polar surface area (TPSA) is 76.1 Å². The first-order valence-electron chi connectivity index (χ1n) is 5.51. The van der Waals surface area contributed by atoms with E-state index in [0.717, 1.165) is 12.8 Å². The van der Waals surface area contributed by atoms with E-state index in [2.05, 4.69) is 0 Å². The fourth-order valence-corrected chi connectivity index (χ4v) is 1.93. The fraction of sp³-hybridized carbons (Fsp3) is 0.800. The Hall–Kier alpha value is -1.14. The molecule has 6 nitrogen and oxygen atoms in total. The fourth-order valence-electron chi connectivity index (χ4n) is 1.93. The van der Waals surface area contributed by atoms with Gasteiger partial charge in [-0.3, -0.25) is 9.63 Å². The Morgan fingerprint density at radius 1 is 1.19 bits per heavy atom. The molecule has 0 aliphatic carbocycles. The molecule has 0 aromatic carbocycles. The van der Waals surface area contributed by atoms with E-state index in [1.807, 2.05) is 0 Å². The number of hydrogen-bond acceptors (Lipinski definition) is 4. The summed E-state index contributed by atoms with van der Waals surface area (Å²) < 4.78 is 5.17. The van der Waals surface area contributed by atoms with Gasteiger partial charge in [0.15, 0.2) is 6.10 Å². The molecule has 0 bridgehead atoms. The Bertz CT molecular complexity index is 287. The summed E-state index contributed by atoms with van der Waals surface area (Å²) in [5, 5.41) is 10.0. The summed E-state index contributed by atoms with van der Waals surface area (Å²) >= 11 is 0. The first-order chi connectivity index (χ1) is 7.68. The smallest absolute Gasteiger partial charge is 0.332 e. The molecule has 2 rings (SSSR count). The van der Waals surface area contributed by atoms with Gasteiger partial charge in [0, 0.05) is 6.54 Å². The number of hydroxylamine groups is 2. The first-order valence-corrected chi connectivity index (χ1v) is 5.51. The predicted molar refractivity (Wildman–Crippen MR) is 52.4 cm³/mol. The molecule has 1 N–H and O–H groups in total. The number of carbonyl (C=O) groups excluding carboxylic acids is 1. The van der Waals surface area contributed by atoms with Crippen molar-refractivity contribution in [2.75, 3.05) is 13.2 Å². The van der Waals surface area contributed by atoms with Gasteiger partial charge in [0.1, 0.15) is 6.10 Å². The van der Waals surface area contributed by atoms with E-state index in [9.17, 15) is 9.59 Å². The molecule has 0 saturated carbocycles. The summed E-state index contributed by atoms with van der Waals surface area (Å²) in [7, 11) is 0. The van der Waals surface area contributed by atoms with E-state index in [-0.39, 0.29) is 5.91 Å². The highest BCUT2D eigenvalue weighted by atomic mass is 16.7. The zero-order valence-corrected chi connectivity index (χ0v) is 8.92. The van der Waals surface area contributed by atoms with Crippen LogP contribution in [0.15, 0.2) is 0 Å². The second-order valence-electron chi connectivity index (χ2n) is 4.01. The molecule has 0 aromatic heterocycles. The number of carboxylic acids is 1. The average Bonchev–Trinajstić information content (AvgIpc) is 2.78. The Kier molecular flexibility index (Phi) is 3.40. The van der Waals surface area contributed by atoms with Crippen molar-refractivity contribution in [3.8, 4) is 0 Å². The van der Waals surface area contributed by atoms with Crippen LogP contribution in [-0.4, -0.2) is 47.4 Å². The molecule has 1 amide bonds. The molecule has 2 saturated heterocycles. The van der Waals surface area contributed by atoms with Gasteiger partial charge in [-0.05, 0) is 25.7 Å². The quantitative estimate of drug-likeness (QED) is 0.730. The van der Waals surface area contributed by atoms with Crippen LogP contribution < -0.4 is 0 Å². The molecule has 90 valence electrons. The van der Waals surface area contributed by atoms with Gasteiger partial charge in [-0.1, -0.05) is 0 Å². The Balaban J connectivity index is 1.88. The molecule has 0 aromatic rings. The van der Waals surface area contributed by atoms with Crippen LogP contribution in [0.1, 0.15) is 25.7 Å². The van der Waals surface area contributed by atoms with Crippen molar-refractivity contribution in [2.45, 2.75) is 37.9 Å². The van der Waals surface area contributed by atoms with Crippen LogP contribution >= 0.6 is 0 Å². The minimum atomic E-state index is -1.00. The number of ether oxygens (including phenoxy) is 1. The minimum Gasteiger partial charge on any atom is -0.479 e. The van der Waals surface area contributed by atoms with Crippen LogP contribution in [-0.2, 0) is 19.2 Å². The van der Waals surface area contributed by atoms with E-state index in [4.69, 9.17) is 14.7 Å². The zero-order chi connectivity index (χ0) is 11.5.